The molecule has 1 aromatic carbocycles. The fourth-order valence-electron chi connectivity index (χ4n) is 0.898. The van der Waals surface area contributed by atoms with Crippen molar-refractivity contribution in [3.8, 4) is 0 Å². The third kappa shape index (κ3) is 0.835. The minimum atomic E-state index is 0. The maximum atomic E-state index is 2.12. The van der Waals surface area contributed by atoms with Crippen molar-refractivity contribution < 1.29 is 0 Å². The van der Waals surface area contributed by atoms with Crippen LogP contribution in [0.3, 0.4) is 0 Å². The molecule has 1 aliphatic carbocycles. The van der Waals surface area contributed by atoms with Crippen LogP contribution in [-0.2, 0) is 0 Å². The SMILES string of the molecule is C1=Cc2ccccc21.[Si]. The van der Waals surface area contributed by atoms with E-state index in [-0.39, 0.29) is 11.0 Å². The Balaban J connectivity index is 0.000000405. The van der Waals surface area contributed by atoms with Gasteiger partial charge in [0.1, 0.15) is 0 Å². The Morgan fingerprint density at radius 1 is 0.778 bits per heavy atom. The van der Waals surface area contributed by atoms with Crippen molar-refractivity contribution in [3.63, 3.8) is 0 Å². The average Bonchev–Trinajstić information content (AvgIpc) is 1.72. The van der Waals surface area contributed by atoms with Crippen molar-refractivity contribution in [1.82, 2.24) is 0 Å². The van der Waals surface area contributed by atoms with Crippen LogP contribution in [0.1, 0.15) is 11.1 Å². The number of fused-ring (bicyclic) bond motifs is 1. The molecule has 0 bridgehead atoms. The van der Waals surface area contributed by atoms with Crippen LogP contribution in [0.25, 0.3) is 12.2 Å². The molecule has 0 atom stereocenters. The number of rotatable bonds is 0. The lowest BCUT2D eigenvalue weighted by Gasteiger charge is -2.06. The van der Waals surface area contributed by atoms with Crippen LogP contribution in [0, 0.1) is 0 Å². The second-order valence-electron chi connectivity index (χ2n) is 1.96. The van der Waals surface area contributed by atoms with Gasteiger partial charge in [0.2, 0.25) is 0 Å². The zero-order valence-corrected chi connectivity index (χ0v) is 5.96. The summed E-state index contributed by atoms with van der Waals surface area (Å²) in [5.41, 5.74) is 2.74. The first kappa shape index (κ1) is 6.30. The minimum Gasteiger partial charge on any atom is -0.0616 e. The van der Waals surface area contributed by atoms with E-state index in [9.17, 15) is 0 Å². The van der Waals surface area contributed by atoms with Gasteiger partial charge in [-0.3, -0.25) is 0 Å². The van der Waals surface area contributed by atoms with Crippen molar-refractivity contribution in [3.05, 3.63) is 35.4 Å². The molecule has 0 fully saturated rings. The first-order chi connectivity index (χ1) is 3.97. The molecule has 1 heteroatoms. The van der Waals surface area contributed by atoms with Crippen molar-refractivity contribution >= 4 is 23.1 Å². The van der Waals surface area contributed by atoms with E-state index in [4.69, 9.17) is 0 Å². The maximum Gasteiger partial charge on any atom is 0 e. The highest BCUT2D eigenvalue weighted by Crippen LogP contribution is 2.21. The summed E-state index contributed by atoms with van der Waals surface area (Å²) in [6.07, 6.45) is 4.24. The Kier molecular flexibility index (Phi) is 1.53. The molecule has 0 N–H and O–H groups in total. The van der Waals surface area contributed by atoms with Crippen LogP contribution >= 0.6 is 0 Å². The van der Waals surface area contributed by atoms with E-state index in [1.807, 2.05) is 0 Å². The molecule has 9 heavy (non-hydrogen) atoms. The predicted molar refractivity (Wildman–Crippen MR) is 41.1 cm³/mol. The predicted octanol–water partition coefficient (Wildman–Crippen LogP) is 1.79. The highest BCUT2D eigenvalue weighted by atomic mass is 28.1. The van der Waals surface area contributed by atoms with Gasteiger partial charge in [0, 0.05) is 11.0 Å². The van der Waals surface area contributed by atoms with E-state index in [1.165, 1.54) is 11.1 Å². The summed E-state index contributed by atoms with van der Waals surface area (Å²) in [5, 5.41) is 0. The Hall–Kier alpha value is -0.823. The smallest absolute Gasteiger partial charge is 0 e. The first-order valence-electron chi connectivity index (χ1n) is 2.74. The standard InChI is InChI=1S/C8H6.Si/c1-2-4-8-6-5-7(8)3-1;/h1-6H;. The summed E-state index contributed by atoms with van der Waals surface area (Å²) in [5.74, 6) is 0. The highest BCUT2D eigenvalue weighted by molar-refractivity contribution is 5.85. The van der Waals surface area contributed by atoms with Gasteiger partial charge >= 0.3 is 0 Å². The molecule has 0 aromatic heterocycles. The van der Waals surface area contributed by atoms with Gasteiger partial charge in [-0.25, -0.2) is 0 Å². The second-order valence-corrected chi connectivity index (χ2v) is 1.96. The summed E-state index contributed by atoms with van der Waals surface area (Å²) < 4.78 is 0. The Morgan fingerprint density at radius 2 is 1.22 bits per heavy atom. The number of benzene rings is 1. The quantitative estimate of drug-likeness (QED) is 0.477. The van der Waals surface area contributed by atoms with Crippen LogP contribution in [0.2, 0.25) is 0 Å². The molecule has 0 unspecified atom stereocenters. The molecule has 0 heterocycles. The molecule has 1 aromatic rings. The topological polar surface area (TPSA) is 0 Å². The first-order valence-corrected chi connectivity index (χ1v) is 2.74. The van der Waals surface area contributed by atoms with Crippen molar-refractivity contribution in [2.45, 2.75) is 0 Å². The molecule has 2 rings (SSSR count). The van der Waals surface area contributed by atoms with E-state index in [0.717, 1.165) is 0 Å². The lowest BCUT2D eigenvalue weighted by Crippen LogP contribution is -1.85. The van der Waals surface area contributed by atoms with Gasteiger partial charge in [-0.05, 0) is 11.1 Å². The summed E-state index contributed by atoms with van der Waals surface area (Å²) >= 11 is 0. The van der Waals surface area contributed by atoms with Crippen molar-refractivity contribution in [1.29, 1.82) is 0 Å². The fourth-order valence-corrected chi connectivity index (χ4v) is 0.898. The maximum absolute atomic E-state index is 2.12. The van der Waals surface area contributed by atoms with Gasteiger partial charge < -0.3 is 0 Å². The molecule has 4 radical (unpaired) electrons. The number of hydrogen-bond acceptors (Lipinski definition) is 0. The van der Waals surface area contributed by atoms with Gasteiger partial charge in [0.15, 0.2) is 0 Å². The minimum absolute atomic E-state index is 0. The molecule has 0 nitrogen and oxygen atoms in total. The molecule has 42 valence electrons. The average molecular weight is 130 g/mol. The molecule has 0 amide bonds. The normalized spacial score (nSPS) is 11.1. The summed E-state index contributed by atoms with van der Waals surface area (Å²) in [7, 11) is 0. The van der Waals surface area contributed by atoms with Crippen LogP contribution < -0.4 is 0 Å². The largest absolute Gasteiger partial charge is 0.0616 e. The van der Waals surface area contributed by atoms with E-state index in [2.05, 4.69) is 36.4 Å². The van der Waals surface area contributed by atoms with Gasteiger partial charge in [-0.1, -0.05) is 36.4 Å². The van der Waals surface area contributed by atoms with Gasteiger partial charge in [-0.15, -0.1) is 0 Å². The monoisotopic (exact) mass is 130 g/mol. The van der Waals surface area contributed by atoms with Crippen LogP contribution in [0.4, 0.5) is 0 Å². The molecule has 0 aliphatic heterocycles. The Bertz CT molecular complexity index is 213. The van der Waals surface area contributed by atoms with Gasteiger partial charge in [-0.2, -0.15) is 0 Å². The third-order valence-corrected chi connectivity index (χ3v) is 1.44. The Labute approximate surface area is 59.2 Å². The zero-order chi connectivity index (χ0) is 5.40. The lowest BCUT2D eigenvalue weighted by atomic mass is 9.99. The third-order valence-electron chi connectivity index (χ3n) is 1.44. The van der Waals surface area contributed by atoms with E-state index in [1.54, 1.807) is 0 Å². The van der Waals surface area contributed by atoms with Crippen molar-refractivity contribution in [2.75, 3.05) is 0 Å². The summed E-state index contributed by atoms with van der Waals surface area (Å²) in [6, 6.07) is 8.36. The molecule has 0 spiro atoms. The molecular formula is C8H6Si. The molecule has 0 saturated heterocycles. The van der Waals surface area contributed by atoms with Crippen molar-refractivity contribution in [2.24, 2.45) is 0 Å². The van der Waals surface area contributed by atoms with Gasteiger partial charge in [0.05, 0.1) is 0 Å². The summed E-state index contributed by atoms with van der Waals surface area (Å²) in [4.78, 5) is 0. The van der Waals surface area contributed by atoms with Gasteiger partial charge in [0.25, 0.3) is 0 Å². The molecular weight excluding hydrogens is 124 g/mol. The van der Waals surface area contributed by atoms with Crippen LogP contribution in [0.5, 0.6) is 0 Å². The zero-order valence-electron chi connectivity index (χ0n) is 4.96. The Morgan fingerprint density at radius 3 is 1.44 bits per heavy atom. The second kappa shape index (κ2) is 2.19. The summed E-state index contributed by atoms with van der Waals surface area (Å²) in [6.45, 7) is 0. The van der Waals surface area contributed by atoms with Crippen LogP contribution in [0.15, 0.2) is 24.3 Å². The molecule has 0 saturated carbocycles. The fraction of sp³-hybridized carbons (Fsp3) is 0. The lowest BCUT2D eigenvalue weighted by molar-refractivity contribution is 1.58. The number of hydrogen-bond donors (Lipinski definition) is 0. The van der Waals surface area contributed by atoms with E-state index in [0.29, 0.717) is 0 Å². The molecule has 1 aliphatic rings. The van der Waals surface area contributed by atoms with E-state index < -0.39 is 0 Å². The van der Waals surface area contributed by atoms with E-state index >= 15 is 0 Å². The van der Waals surface area contributed by atoms with Crippen LogP contribution in [-0.4, -0.2) is 11.0 Å². The highest BCUT2D eigenvalue weighted by Gasteiger charge is 1.99.